The summed E-state index contributed by atoms with van der Waals surface area (Å²) < 4.78 is 9.25. The largest absolute Gasteiger partial charge is 0.428 e. The van der Waals surface area contributed by atoms with Crippen LogP contribution in [0.3, 0.4) is 0 Å². The molecule has 0 amide bonds. The predicted molar refractivity (Wildman–Crippen MR) is 55.6 cm³/mol. The van der Waals surface area contributed by atoms with Gasteiger partial charge in [-0.1, -0.05) is 6.07 Å². The number of hydrogen-bond donors (Lipinski definition) is 1. The molecule has 0 aliphatic carbocycles. The molecule has 4 nitrogen and oxygen atoms in total. The standard InChI is InChI=1S/C9H9N3OS/c1-6-2-3-8(7(10)4-6)13-9-11-5-12-14-9/h2-5H,10H2,1H3. The molecule has 0 atom stereocenters. The van der Waals surface area contributed by atoms with Crippen LogP contribution in [0.25, 0.3) is 0 Å². The maximum atomic E-state index is 5.77. The number of rotatable bonds is 2. The second kappa shape index (κ2) is 3.63. The Morgan fingerprint density at radius 1 is 1.43 bits per heavy atom. The summed E-state index contributed by atoms with van der Waals surface area (Å²) in [6, 6.07) is 5.62. The Morgan fingerprint density at radius 2 is 2.29 bits per heavy atom. The molecule has 2 aromatic rings. The van der Waals surface area contributed by atoms with Crippen molar-refractivity contribution in [3.05, 3.63) is 30.1 Å². The van der Waals surface area contributed by atoms with Crippen LogP contribution in [0.2, 0.25) is 0 Å². The minimum atomic E-state index is 0.501. The van der Waals surface area contributed by atoms with Crippen LogP contribution in [0, 0.1) is 6.92 Å². The lowest BCUT2D eigenvalue weighted by molar-refractivity contribution is 0.481. The third kappa shape index (κ3) is 1.82. The highest BCUT2D eigenvalue weighted by atomic mass is 32.1. The monoisotopic (exact) mass is 207 g/mol. The van der Waals surface area contributed by atoms with Gasteiger partial charge in [0.1, 0.15) is 6.33 Å². The molecule has 72 valence electrons. The van der Waals surface area contributed by atoms with Gasteiger partial charge in [-0.2, -0.15) is 9.36 Å². The Bertz CT molecular complexity index is 428. The van der Waals surface area contributed by atoms with Crippen molar-refractivity contribution in [3.63, 3.8) is 0 Å². The van der Waals surface area contributed by atoms with Crippen LogP contribution in [0.4, 0.5) is 5.69 Å². The molecule has 0 aliphatic rings. The summed E-state index contributed by atoms with van der Waals surface area (Å²) in [7, 11) is 0. The predicted octanol–water partition coefficient (Wildman–Crippen LogP) is 2.22. The van der Waals surface area contributed by atoms with Gasteiger partial charge in [-0.25, -0.2) is 0 Å². The molecule has 0 aliphatic heterocycles. The van der Waals surface area contributed by atoms with Crippen molar-refractivity contribution in [1.82, 2.24) is 9.36 Å². The normalized spacial score (nSPS) is 10.1. The highest BCUT2D eigenvalue weighted by Crippen LogP contribution is 2.28. The van der Waals surface area contributed by atoms with Gasteiger partial charge in [-0.05, 0) is 24.6 Å². The minimum absolute atomic E-state index is 0.501. The van der Waals surface area contributed by atoms with Gasteiger partial charge < -0.3 is 10.5 Å². The Morgan fingerprint density at radius 3 is 2.93 bits per heavy atom. The number of ether oxygens (including phenoxy) is 1. The molecule has 2 rings (SSSR count). The van der Waals surface area contributed by atoms with E-state index in [-0.39, 0.29) is 0 Å². The lowest BCUT2D eigenvalue weighted by atomic mass is 10.2. The van der Waals surface area contributed by atoms with E-state index in [0.29, 0.717) is 16.6 Å². The molecule has 1 heterocycles. The number of nitrogens with zero attached hydrogens (tertiary/aromatic N) is 2. The molecule has 5 heteroatoms. The molecule has 0 unspecified atom stereocenters. The van der Waals surface area contributed by atoms with Crippen LogP contribution in [-0.4, -0.2) is 9.36 Å². The van der Waals surface area contributed by atoms with Gasteiger partial charge in [-0.3, -0.25) is 0 Å². The number of aromatic nitrogens is 2. The van der Waals surface area contributed by atoms with Crippen LogP contribution < -0.4 is 10.5 Å². The lowest BCUT2D eigenvalue weighted by Gasteiger charge is -2.05. The third-order valence-electron chi connectivity index (χ3n) is 1.70. The minimum Gasteiger partial charge on any atom is -0.428 e. The van der Waals surface area contributed by atoms with Crippen molar-refractivity contribution < 1.29 is 4.74 Å². The summed E-state index contributed by atoms with van der Waals surface area (Å²) in [6.45, 7) is 1.98. The molecule has 0 spiro atoms. The van der Waals surface area contributed by atoms with Crippen LogP contribution in [-0.2, 0) is 0 Å². The maximum absolute atomic E-state index is 5.77. The Balaban J connectivity index is 2.25. The molecule has 0 saturated heterocycles. The van der Waals surface area contributed by atoms with E-state index in [4.69, 9.17) is 10.5 Å². The molecule has 0 radical (unpaired) electrons. The van der Waals surface area contributed by atoms with E-state index in [9.17, 15) is 0 Å². The lowest BCUT2D eigenvalue weighted by Crippen LogP contribution is -1.92. The van der Waals surface area contributed by atoms with Gasteiger partial charge in [0.05, 0.1) is 5.69 Å². The number of hydrogen-bond acceptors (Lipinski definition) is 5. The molecule has 0 fully saturated rings. The topological polar surface area (TPSA) is 61.0 Å². The van der Waals surface area contributed by atoms with Crippen LogP contribution in [0.1, 0.15) is 5.56 Å². The first-order valence-corrected chi connectivity index (χ1v) is 4.84. The second-order valence-electron chi connectivity index (χ2n) is 2.85. The van der Waals surface area contributed by atoms with E-state index < -0.39 is 0 Å². The molecule has 0 saturated carbocycles. The number of benzene rings is 1. The number of anilines is 1. The molecular weight excluding hydrogens is 198 g/mol. The zero-order valence-corrected chi connectivity index (χ0v) is 8.41. The first kappa shape index (κ1) is 8.96. The number of aryl methyl sites for hydroxylation is 1. The zero-order valence-electron chi connectivity index (χ0n) is 7.60. The fourth-order valence-electron chi connectivity index (χ4n) is 1.06. The number of nitrogens with two attached hydrogens (primary N) is 1. The van der Waals surface area contributed by atoms with E-state index in [1.807, 2.05) is 25.1 Å². The van der Waals surface area contributed by atoms with Crippen LogP contribution >= 0.6 is 11.5 Å². The van der Waals surface area contributed by atoms with Gasteiger partial charge in [0.25, 0.3) is 5.19 Å². The summed E-state index contributed by atoms with van der Waals surface area (Å²) in [5, 5.41) is 0.501. The summed E-state index contributed by atoms with van der Waals surface area (Å²) in [5.74, 6) is 0.618. The molecule has 1 aromatic heterocycles. The molecular formula is C9H9N3OS. The van der Waals surface area contributed by atoms with Crippen molar-refractivity contribution in [3.8, 4) is 10.9 Å². The first-order valence-electron chi connectivity index (χ1n) is 4.06. The van der Waals surface area contributed by atoms with Gasteiger partial charge in [0.15, 0.2) is 5.75 Å². The van der Waals surface area contributed by atoms with Crippen molar-refractivity contribution >= 4 is 17.2 Å². The van der Waals surface area contributed by atoms with E-state index in [1.165, 1.54) is 17.9 Å². The fourth-order valence-corrected chi connectivity index (χ4v) is 1.47. The SMILES string of the molecule is Cc1ccc(Oc2ncns2)c(N)c1. The average Bonchev–Trinajstić information content (AvgIpc) is 2.62. The van der Waals surface area contributed by atoms with Gasteiger partial charge in [0.2, 0.25) is 0 Å². The molecule has 1 aromatic carbocycles. The van der Waals surface area contributed by atoms with Crippen LogP contribution in [0.5, 0.6) is 10.9 Å². The van der Waals surface area contributed by atoms with E-state index in [0.717, 1.165) is 5.56 Å². The highest BCUT2D eigenvalue weighted by Gasteiger charge is 2.03. The highest BCUT2D eigenvalue weighted by molar-refractivity contribution is 7.07. The van der Waals surface area contributed by atoms with E-state index in [2.05, 4.69) is 9.36 Å². The zero-order chi connectivity index (χ0) is 9.97. The Labute approximate surface area is 85.5 Å². The van der Waals surface area contributed by atoms with Gasteiger partial charge >= 0.3 is 0 Å². The van der Waals surface area contributed by atoms with Crippen molar-refractivity contribution in [2.24, 2.45) is 0 Å². The van der Waals surface area contributed by atoms with Crippen molar-refractivity contribution in [2.75, 3.05) is 5.73 Å². The van der Waals surface area contributed by atoms with E-state index in [1.54, 1.807) is 0 Å². The molecule has 14 heavy (non-hydrogen) atoms. The smallest absolute Gasteiger partial charge is 0.298 e. The summed E-state index contributed by atoms with van der Waals surface area (Å²) in [6.07, 6.45) is 1.45. The first-order chi connectivity index (χ1) is 6.75. The third-order valence-corrected chi connectivity index (χ3v) is 2.25. The maximum Gasteiger partial charge on any atom is 0.298 e. The van der Waals surface area contributed by atoms with E-state index >= 15 is 0 Å². The van der Waals surface area contributed by atoms with Gasteiger partial charge in [-0.15, -0.1) is 0 Å². The number of nitrogen functional groups attached to an aromatic ring is 1. The quantitative estimate of drug-likeness (QED) is 0.767. The summed E-state index contributed by atoms with van der Waals surface area (Å²) >= 11 is 1.19. The Hall–Kier alpha value is -1.62. The molecule has 2 N–H and O–H groups in total. The van der Waals surface area contributed by atoms with Crippen molar-refractivity contribution in [2.45, 2.75) is 6.92 Å². The average molecular weight is 207 g/mol. The van der Waals surface area contributed by atoms with Gasteiger partial charge in [0, 0.05) is 11.5 Å². The summed E-state index contributed by atoms with van der Waals surface area (Å²) in [5.41, 5.74) is 7.48. The van der Waals surface area contributed by atoms with Crippen LogP contribution in [0.15, 0.2) is 24.5 Å². The second-order valence-corrected chi connectivity index (χ2v) is 3.59. The summed E-state index contributed by atoms with van der Waals surface area (Å²) in [4.78, 5) is 3.90. The molecule has 0 bridgehead atoms. The fraction of sp³-hybridized carbons (Fsp3) is 0.111. The van der Waals surface area contributed by atoms with Crippen molar-refractivity contribution in [1.29, 1.82) is 0 Å². The Kier molecular flexibility index (Phi) is 2.32.